The van der Waals surface area contributed by atoms with Crippen molar-refractivity contribution in [3.8, 4) is 11.5 Å². The van der Waals surface area contributed by atoms with Gasteiger partial charge in [-0.1, -0.05) is 17.7 Å². The molecule has 0 spiro atoms. The average molecular weight is 463 g/mol. The Morgan fingerprint density at radius 3 is 2.66 bits per heavy atom. The molecule has 0 radical (unpaired) electrons. The lowest BCUT2D eigenvalue weighted by Gasteiger charge is -2.22. The van der Waals surface area contributed by atoms with Crippen molar-refractivity contribution in [3.05, 3.63) is 65.1 Å². The summed E-state index contributed by atoms with van der Waals surface area (Å²) in [5.74, 6) is 1.77. The number of pyridine rings is 1. The van der Waals surface area contributed by atoms with Gasteiger partial charge in [-0.25, -0.2) is 9.97 Å². The fourth-order valence-electron chi connectivity index (χ4n) is 4.81. The summed E-state index contributed by atoms with van der Waals surface area (Å²) >= 11 is 5.93. The predicted molar refractivity (Wildman–Crippen MR) is 115 cm³/mol. The molecule has 5 nitrogen and oxygen atoms in total. The van der Waals surface area contributed by atoms with Crippen LogP contribution in [-0.4, -0.2) is 29.1 Å². The number of aromatic nitrogens is 2. The molecule has 1 aromatic carbocycles. The first-order valence-electron chi connectivity index (χ1n) is 10.6. The Labute approximate surface area is 188 Å². The minimum atomic E-state index is -4.43. The highest BCUT2D eigenvalue weighted by atomic mass is 35.5. The fourth-order valence-corrected chi connectivity index (χ4v) is 4.94. The molecule has 1 N–H and O–H groups in total. The number of hydrogen-bond donors (Lipinski definition) is 1. The molecule has 32 heavy (non-hydrogen) atoms. The number of hydrogen-bond acceptors (Lipinski definition) is 5. The van der Waals surface area contributed by atoms with Gasteiger partial charge in [0.15, 0.2) is 0 Å². The second kappa shape index (κ2) is 8.41. The average Bonchev–Trinajstić information content (AvgIpc) is 3.49. The van der Waals surface area contributed by atoms with E-state index in [0.717, 1.165) is 36.7 Å². The van der Waals surface area contributed by atoms with Crippen LogP contribution in [0.5, 0.6) is 0 Å². The molecule has 1 aliphatic carbocycles. The number of fused-ring (bicyclic) bond motifs is 1. The van der Waals surface area contributed by atoms with E-state index >= 15 is 0 Å². The highest BCUT2D eigenvalue weighted by molar-refractivity contribution is 6.30. The topological polar surface area (TPSA) is 54.2 Å². The van der Waals surface area contributed by atoms with Crippen molar-refractivity contribution in [2.75, 3.05) is 18.0 Å². The minimum absolute atomic E-state index is 0.284. The Hall–Kier alpha value is -2.58. The second-order valence-corrected chi connectivity index (χ2v) is 8.86. The van der Waals surface area contributed by atoms with Crippen molar-refractivity contribution in [1.82, 2.24) is 15.3 Å². The zero-order chi connectivity index (χ0) is 22.3. The Morgan fingerprint density at radius 2 is 1.88 bits per heavy atom. The molecule has 0 bridgehead atoms. The van der Waals surface area contributed by atoms with E-state index in [-0.39, 0.29) is 6.04 Å². The van der Waals surface area contributed by atoms with Crippen LogP contribution in [0.15, 0.2) is 53.1 Å². The first kappa shape index (κ1) is 21.3. The lowest BCUT2D eigenvalue weighted by atomic mass is 9.98. The molecular formula is C23H22ClF3N4O. The number of oxazole rings is 1. The van der Waals surface area contributed by atoms with E-state index in [1.165, 1.54) is 6.07 Å². The summed E-state index contributed by atoms with van der Waals surface area (Å²) in [4.78, 5) is 10.4. The summed E-state index contributed by atoms with van der Waals surface area (Å²) in [5.41, 5.74) is 0.832. The smallest absolute Gasteiger partial charge is 0.433 e. The largest absolute Gasteiger partial charge is 0.444 e. The van der Waals surface area contributed by atoms with Gasteiger partial charge in [-0.3, -0.25) is 0 Å². The Kier molecular flexibility index (Phi) is 5.59. The van der Waals surface area contributed by atoms with Crippen molar-refractivity contribution < 1.29 is 17.6 Å². The fraction of sp³-hybridized carbons (Fsp3) is 0.391. The SMILES string of the molecule is FC(F)(F)c1cccc(N2CC3CCC(NCc4coc(-c5ccc(Cl)cc5)n4)C3C2)n1. The monoisotopic (exact) mass is 462 g/mol. The quantitative estimate of drug-likeness (QED) is 0.549. The molecule has 3 aromatic rings. The Bertz CT molecular complexity index is 1090. The van der Waals surface area contributed by atoms with Crippen LogP contribution in [0.2, 0.25) is 5.02 Å². The van der Waals surface area contributed by atoms with Gasteiger partial charge in [0.05, 0.1) is 5.69 Å². The summed E-state index contributed by atoms with van der Waals surface area (Å²) < 4.78 is 44.7. The van der Waals surface area contributed by atoms with Crippen molar-refractivity contribution in [2.24, 2.45) is 11.8 Å². The molecule has 3 atom stereocenters. The van der Waals surface area contributed by atoms with Crippen molar-refractivity contribution in [2.45, 2.75) is 31.6 Å². The summed E-state index contributed by atoms with van der Waals surface area (Å²) in [6, 6.07) is 11.7. The summed E-state index contributed by atoms with van der Waals surface area (Å²) in [5, 5.41) is 4.24. The zero-order valence-corrected chi connectivity index (χ0v) is 17.9. The number of halogens is 4. The van der Waals surface area contributed by atoms with Crippen LogP contribution in [-0.2, 0) is 12.7 Å². The standard InChI is InChI=1S/C23H22ClF3N4O/c24-16-7-4-14(5-8-16)22-29-17(13-32-22)10-28-19-9-6-15-11-31(12-18(15)19)21-3-1-2-20(30-21)23(25,26)27/h1-5,7-8,13,15,18-19,28H,6,9-12H2. The van der Waals surface area contributed by atoms with Gasteiger partial charge in [-0.05, 0) is 61.1 Å². The third kappa shape index (κ3) is 4.34. The molecule has 168 valence electrons. The van der Waals surface area contributed by atoms with Gasteiger partial charge < -0.3 is 14.6 Å². The van der Waals surface area contributed by atoms with E-state index in [0.29, 0.717) is 41.7 Å². The molecule has 2 aromatic heterocycles. The zero-order valence-electron chi connectivity index (χ0n) is 17.1. The van der Waals surface area contributed by atoms with Crippen LogP contribution in [0, 0.1) is 11.8 Å². The van der Waals surface area contributed by atoms with E-state index in [1.807, 2.05) is 17.0 Å². The van der Waals surface area contributed by atoms with Crippen molar-refractivity contribution in [1.29, 1.82) is 0 Å². The minimum Gasteiger partial charge on any atom is -0.444 e. The lowest BCUT2D eigenvalue weighted by Crippen LogP contribution is -2.35. The van der Waals surface area contributed by atoms with Crippen LogP contribution in [0.3, 0.4) is 0 Å². The molecule has 3 unspecified atom stereocenters. The molecule has 1 saturated heterocycles. The summed E-state index contributed by atoms with van der Waals surface area (Å²) in [6.45, 7) is 2.01. The van der Waals surface area contributed by atoms with Crippen LogP contribution in [0.25, 0.3) is 11.5 Å². The number of nitrogens with one attached hydrogen (secondary N) is 1. The second-order valence-electron chi connectivity index (χ2n) is 8.42. The maximum absolute atomic E-state index is 13.0. The molecule has 9 heteroatoms. The maximum atomic E-state index is 13.0. The summed E-state index contributed by atoms with van der Waals surface area (Å²) in [7, 11) is 0. The Balaban J connectivity index is 1.21. The number of alkyl halides is 3. The predicted octanol–water partition coefficient (Wildman–Crippen LogP) is 5.41. The molecule has 3 heterocycles. The molecule has 2 fully saturated rings. The lowest BCUT2D eigenvalue weighted by molar-refractivity contribution is -0.141. The number of anilines is 1. The van der Waals surface area contributed by atoms with Gasteiger partial charge in [-0.2, -0.15) is 13.2 Å². The first-order valence-corrected chi connectivity index (χ1v) is 11.0. The third-order valence-electron chi connectivity index (χ3n) is 6.39. The van der Waals surface area contributed by atoms with Gasteiger partial charge in [0.2, 0.25) is 5.89 Å². The van der Waals surface area contributed by atoms with E-state index in [1.54, 1.807) is 24.5 Å². The van der Waals surface area contributed by atoms with E-state index < -0.39 is 11.9 Å². The molecular weight excluding hydrogens is 441 g/mol. The number of nitrogens with zero attached hydrogens (tertiary/aromatic N) is 3. The van der Waals surface area contributed by atoms with Gasteiger partial charge in [0.1, 0.15) is 17.8 Å². The number of benzene rings is 1. The number of rotatable bonds is 5. The third-order valence-corrected chi connectivity index (χ3v) is 6.65. The molecule has 1 aliphatic heterocycles. The molecule has 2 aliphatic rings. The van der Waals surface area contributed by atoms with Gasteiger partial charge >= 0.3 is 6.18 Å². The van der Waals surface area contributed by atoms with Crippen LogP contribution in [0.4, 0.5) is 19.0 Å². The first-order chi connectivity index (χ1) is 15.4. The maximum Gasteiger partial charge on any atom is 0.433 e. The van der Waals surface area contributed by atoms with Crippen molar-refractivity contribution in [3.63, 3.8) is 0 Å². The van der Waals surface area contributed by atoms with Gasteiger partial charge in [0, 0.05) is 36.3 Å². The van der Waals surface area contributed by atoms with E-state index in [4.69, 9.17) is 16.0 Å². The normalized spacial score (nSPS) is 23.0. The van der Waals surface area contributed by atoms with Crippen molar-refractivity contribution >= 4 is 17.4 Å². The van der Waals surface area contributed by atoms with Crippen LogP contribution < -0.4 is 10.2 Å². The van der Waals surface area contributed by atoms with E-state index in [2.05, 4.69) is 15.3 Å². The van der Waals surface area contributed by atoms with Crippen LogP contribution >= 0.6 is 11.6 Å². The molecule has 0 amide bonds. The summed E-state index contributed by atoms with van der Waals surface area (Å²) in [6.07, 6.45) is -0.692. The van der Waals surface area contributed by atoms with E-state index in [9.17, 15) is 13.2 Å². The highest BCUT2D eigenvalue weighted by Crippen LogP contribution is 2.40. The van der Waals surface area contributed by atoms with Gasteiger partial charge in [0.25, 0.3) is 0 Å². The van der Waals surface area contributed by atoms with Gasteiger partial charge in [-0.15, -0.1) is 0 Å². The highest BCUT2D eigenvalue weighted by Gasteiger charge is 2.43. The van der Waals surface area contributed by atoms with Crippen LogP contribution in [0.1, 0.15) is 24.2 Å². The molecule has 5 rings (SSSR count). The molecule has 1 saturated carbocycles. The Morgan fingerprint density at radius 1 is 1.06 bits per heavy atom.